The molecule has 3 rings (SSSR count). The number of anilines is 2. The molecule has 0 spiro atoms. The van der Waals surface area contributed by atoms with Crippen molar-refractivity contribution in [3.63, 3.8) is 0 Å². The van der Waals surface area contributed by atoms with Gasteiger partial charge in [0, 0.05) is 5.69 Å². The maximum Gasteiger partial charge on any atom is 0.324 e. The standard InChI is InChI=1S/C11H17B2N6Si/c1-12-17(3)13(2)19(11-14-9-15-16-11)20-18(12)10-7-5-4-6-8-10/h4-9,20H,1-3H3,(H,14,15,16). The predicted octanol–water partition coefficient (Wildman–Crippen LogP) is 0.566. The van der Waals surface area contributed by atoms with Crippen LogP contribution in [0.4, 0.5) is 11.6 Å². The topological polar surface area (TPSA) is 51.3 Å². The number of nitrogens with zero attached hydrogens (tertiary/aromatic N) is 5. The highest BCUT2D eigenvalue weighted by molar-refractivity contribution is 6.92. The first kappa shape index (κ1) is 13.3. The maximum atomic E-state index is 4.30. The van der Waals surface area contributed by atoms with Crippen LogP contribution >= 0.6 is 0 Å². The Morgan fingerprint density at radius 2 is 1.80 bits per heavy atom. The quantitative estimate of drug-likeness (QED) is 0.816. The van der Waals surface area contributed by atoms with Crippen LogP contribution in [0, 0.1) is 0 Å². The largest absolute Gasteiger partial charge is 0.416 e. The highest BCUT2D eigenvalue weighted by Gasteiger charge is 2.40. The van der Waals surface area contributed by atoms with Crippen LogP contribution in [-0.2, 0) is 0 Å². The average molecular weight is 283 g/mol. The lowest BCUT2D eigenvalue weighted by atomic mass is 9.62. The second kappa shape index (κ2) is 5.33. The van der Waals surface area contributed by atoms with E-state index in [2.05, 4.69) is 73.8 Å². The van der Waals surface area contributed by atoms with E-state index in [1.54, 1.807) is 6.33 Å². The molecule has 2 aromatic rings. The Bertz CT molecular complexity index is 553. The molecule has 1 saturated heterocycles. The van der Waals surface area contributed by atoms with Gasteiger partial charge in [0.15, 0.2) is 0 Å². The van der Waals surface area contributed by atoms with Crippen molar-refractivity contribution in [3.05, 3.63) is 36.7 Å². The van der Waals surface area contributed by atoms with Crippen LogP contribution < -0.4 is 8.95 Å². The molecule has 0 atom stereocenters. The Labute approximate surface area is 122 Å². The lowest BCUT2D eigenvalue weighted by Crippen LogP contribution is -2.71. The first-order chi connectivity index (χ1) is 9.68. The number of H-pyrrole nitrogens is 1. The molecule has 1 aliphatic heterocycles. The van der Waals surface area contributed by atoms with Gasteiger partial charge in [-0.3, -0.25) is 0 Å². The summed E-state index contributed by atoms with van der Waals surface area (Å²) in [4.78, 5) is 4.30. The average Bonchev–Trinajstić information content (AvgIpc) is 3.00. The molecule has 0 bridgehead atoms. The molecule has 0 amide bonds. The fourth-order valence-corrected chi connectivity index (χ4v) is 4.08. The van der Waals surface area contributed by atoms with E-state index in [1.165, 1.54) is 5.69 Å². The Morgan fingerprint density at radius 1 is 1.10 bits per heavy atom. The first-order valence-corrected chi connectivity index (χ1v) is 7.76. The normalized spacial score (nSPS) is 16.9. The zero-order chi connectivity index (χ0) is 14.1. The van der Waals surface area contributed by atoms with E-state index in [0.717, 1.165) is 5.95 Å². The lowest BCUT2D eigenvalue weighted by Gasteiger charge is -2.47. The monoisotopic (exact) mass is 283 g/mol. The highest BCUT2D eigenvalue weighted by atomic mass is 28.2. The third-order valence-electron chi connectivity index (χ3n) is 3.93. The third-order valence-corrected chi connectivity index (χ3v) is 5.84. The van der Waals surface area contributed by atoms with E-state index < -0.39 is 0 Å². The summed E-state index contributed by atoms with van der Waals surface area (Å²) in [6.45, 7) is 5.11. The van der Waals surface area contributed by atoms with Gasteiger partial charge in [-0.1, -0.05) is 31.8 Å². The molecule has 1 aromatic carbocycles. The van der Waals surface area contributed by atoms with Crippen LogP contribution in [0.25, 0.3) is 0 Å². The number of nitrogens with one attached hydrogen (secondary N) is 1. The Hall–Kier alpha value is -1.73. The Kier molecular flexibility index (Phi) is 3.54. The summed E-state index contributed by atoms with van der Waals surface area (Å²) >= 11 is 0. The first-order valence-electron chi connectivity index (χ1n) is 6.72. The summed E-state index contributed by atoms with van der Waals surface area (Å²) in [5.41, 5.74) is 1.25. The number of aromatic nitrogens is 3. The Morgan fingerprint density at radius 3 is 2.45 bits per heavy atom. The van der Waals surface area contributed by atoms with Gasteiger partial charge in [-0.2, -0.15) is 5.10 Å². The maximum absolute atomic E-state index is 4.30. The summed E-state index contributed by atoms with van der Waals surface area (Å²) in [6, 6.07) is 10.5. The van der Waals surface area contributed by atoms with Crippen LogP contribution in [-0.4, -0.2) is 50.8 Å². The lowest BCUT2D eigenvalue weighted by molar-refractivity contribution is 0.781. The van der Waals surface area contributed by atoms with Gasteiger partial charge in [-0.05, 0) is 19.2 Å². The summed E-state index contributed by atoms with van der Waals surface area (Å²) < 4.78 is 7.06. The SMILES string of the molecule is CB1N(C)B(C)N(c2ncn[nH]2)[SiH]N1c1ccccc1. The van der Waals surface area contributed by atoms with Crippen molar-refractivity contribution < 1.29 is 0 Å². The van der Waals surface area contributed by atoms with Crippen molar-refractivity contribution >= 4 is 35.4 Å². The molecule has 9 heteroatoms. The van der Waals surface area contributed by atoms with E-state index in [1.807, 2.05) is 6.07 Å². The summed E-state index contributed by atoms with van der Waals surface area (Å²) in [5.74, 6) is 0.840. The van der Waals surface area contributed by atoms with Gasteiger partial charge in [-0.15, -0.1) is 0 Å². The smallest absolute Gasteiger partial charge is 0.324 e. The molecule has 1 fully saturated rings. The van der Waals surface area contributed by atoms with Gasteiger partial charge in [0.1, 0.15) is 6.33 Å². The van der Waals surface area contributed by atoms with Crippen molar-refractivity contribution in [1.82, 2.24) is 19.9 Å². The molecule has 1 radical (unpaired) electrons. The minimum Gasteiger partial charge on any atom is -0.416 e. The molecule has 0 aliphatic carbocycles. The second-order valence-electron chi connectivity index (χ2n) is 5.00. The van der Waals surface area contributed by atoms with Gasteiger partial charge < -0.3 is 13.7 Å². The van der Waals surface area contributed by atoms with E-state index in [4.69, 9.17) is 0 Å². The summed E-state index contributed by atoms with van der Waals surface area (Å²) in [6.07, 6.45) is 1.56. The van der Waals surface area contributed by atoms with Gasteiger partial charge in [0.2, 0.25) is 5.95 Å². The van der Waals surface area contributed by atoms with Crippen LogP contribution in [0.2, 0.25) is 13.6 Å². The van der Waals surface area contributed by atoms with Crippen LogP contribution in [0.15, 0.2) is 36.7 Å². The van der Waals surface area contributed by atoms with E-state index in [0.29, 0.717) is 14.0 Å². The number of benzene rings is 1. The number of hydrogen-bond acceptors (Lipinski definition) is 5. The minimum absolute atomic E-state index is 0.0863. The Balaban J connectivity index is 1.92. The van der Waals surface area contributed by atoms with Crippen molar-refractivity contribution in [2.75, 3.05) is 16.0 Å². The third kappa shape index (κ3) is 2.23. The number of para-hydroxylation sites is 1. The van der Waals surface area contributed by atoms with Crippen molar-refractivity contribution in [2.45, 2.75) is 13.6 Å². The van der Waals surface area contributed by atoms with E-state index in [-0.39, 0.29) is 9.84 Å². The van der Waals surface area contributed by atoms with Gasteiger partial charge >= 0.3 is 14.0 Å². The number of hydrogen-bond donors (Lipinski definition) is 1. The molecular weight excluding hydrogens is 266 g/mol. The molecule has 1 aliphatic rings. The van der Waals surface area contributed by atoms with E-state index in [9.17, 15) is 0 Å². The van der Waals surface area contributed by atoms with Gasteiger partial charge in [-0.25, -0.2) is 10.1 Å². The molecule has 1 aromatic heterocycles. The summed E-state index contributed by atoms with van der Waals surface area (Å²) in [5, 5.41) is 6.95. The zero-order valence-electron chi connectivity index (χ0n) is 11.9. The zero-order valence-corrected chi connectivity index (χ0v) is 13.1. The molecular formula is C11H17B2N6Si. The molecule has 6 nitrogen and oxygen atoms in total. The molecule has 0 unspecified atom stereocenters. The van der Waals surface area contributed by atoms with Crippen molar-refractivity contribution in [2.24, 2.45) is 0 Å². The van der Waals surface area contributed by atoms with Crippen LogP contribution in [0.5, 0.6) is 0 Å². The fraction of sp³-hybridized carbons (Fsp3) is 0.273. The molecule has 20 heavy (non-hydrogen) atoms. The van der Waals surface area contributed by atoms with Crippen LogP contribution in [0.1, 0.15) is 0 Å². The summed E-state index contributed by atoms with van der Waals surface area (Å²) in [7, 11) is 2.06. The van der Waals surface area contributed by atoms with Gasteiger partial charge in [0.25, 0.3) is 9.84 Å². The van der Waals surface area contributed by atoms with Crippen molar-refractivity contribution in [3.8, 4) is 0 Å². The van der Waals surface area contributed by atoms with Crippen molar-refractivity contribution in [1.29, 1.82) is 0 Å². The number of rotatable bonds is 2. The molecule has 101 valence electrons. The molecule has 1 N–H and O–H groups in total. The van der Waals surface area contributed by atoms with Crippen LogP contribution in [0.3, 0.4) is 0 Å². The molecule has 0 saturated carbocycles. The van der Waals surface area contributed by atoms with E-state index >= 15 is 0 Å². The highest BCUT2D eigenvalue weighted by Crippen LogP contribution is 2.22. The second-order valence-corrected chi connectivity index (χ2v) is 6.35. The van der Waals surface area contributed by atoms with Gasteiger partial charge in [0.05, 0.1) is 0 Å². The fourth-order valence-electron chi connectivity index (χ4n) is 2.47. The number of aromatic amines is 1. The molecule has 2 heterocycles. The predicted molar refractivity (Wildman–Crippen MR) is 85.9 cm³/mol. The minimum atomic E-state index is -0.0863.